The molecule has 2 rings (SSSR count). The molecule has 0 aliphatic heterocycles. The first kappa shape index (κ1) is 20.3. The highest BCUT2D eigenvalue weighted by Gasteiger charge is 2.30. The highest BCUT2D eigenvalue weighted by molar-refractivity contribution is 7.93. The Balaban J connectivity index is 2.49. The standard InChI is InChI=1S/C16H18ClNO6S2/c1-4-23-11-7-6-10(8-12(11)24-5-2)18(3)26(21,22)13-9-14(17)25-15(13)16(19)20/h6-9H,4-5H2,1-3H3,(H,19,20). The highest BCUT2D eigenvalue weighted by atomic mass is 35.5. The van der Waals surface area contributed by atoms with Gasteiger partial charge in [0.25, 0.3) is 10.0 Å². The van der Waals surface area contributed by atoms with E-state index in [0.717, 1.165) is 10.4 Å². The quantitative estimate of drug-likeness (QED) is 0.700. The molecule has 0 aliphatic rings. The van der Waals surface area contributed by atoms with Crippen molar-refractivity contribution in [2.24, 2.45) is 0 Å². The maximum atomic E-state index is 12.9. The maximum Gasteiger partial charge on any atom is 0.347 e. The van der Waals surface area contributed by atoms with Gasteiger partial charge in [-0.1, -0.05) is 11.6 Å². The number of carbonyl (C=O) groups is 1. The van der Waals surface area contributed by atoms with E-state index >= 15 is 0 Å². The molecular formula is C16H18ClNO6S2. The summed E-state index contributed by atoms with van der Waals surface area (Å²) in [6.45, 7) is 4.44. The van der Waals surface area contributed by atoms with Crippen LogP contribution in [0.25, 0.3) is 0 Å². The van der Waals surface area contributed by atoms with Crippen LogP contribution in [0.15, 0.2) is 29.2 Å². The zero-order valence-corrected chi connectivity index (χ0v) is 16.7. The third-order valence-corrected chi connectivity index (χ3v) is 6.58. The predicted octanol–water partition coefficient (Wildman–Crippen LogP) is 3.72. The van der Waals surface area contributed by atoms with Gasteiger partial charge in [0.05, 0.1) is 23.2 Å². The molecular weight excluding hydrogens is 402 g/mol. The molecule has 0 saturated carbocycles. The molecule has 10 heteroatoms. The molecule has 0 saturated heterocycles. The number of aromatic carboxylic acids is 1. The second kappa shape index (κ2) is 8.15. The molecule has 1 N–H and O–H groups in total. The molecule has 0 amide bonds. The number of benzene rings is 1. The Hall–Kier alpha value is -1.97. The van der Waals surface area contributed by atoms with Crippen LogP contribution in [0.1, 0.15) is 23.5 Å². The molecule has 0 aliphatic carbocycles. The fourth-order valence-corrected chi connectivity index (χ4v) is 5.02. The lowest BCUT2D eigenvalue weighted by Gasteiger charge is -2.21. The average molecular weight is 420 g/mol. The van der Waals surface area contributed by atoms with E-state index in [2.05, 4.69) is 0 Å². The van der Waals surface area contributed by atoms with Crippen LogP contribution < -0.4 is 13.8 Å². The molecule has 2 aromatic rings. The van der Waals surface area contributed by atoms with Crippen LogP contribution in [-0.4, -0.2) is 39.8 Å². The molecule has 0 radical (unpaired) electrons. The summed E-state index contributed by atoms with van der Waals surface area (Å²) in [7, 11) is -2.79. The van der Waals surface area contributed by atoms with E-state index in [0.29, 0.717) is 41.7 Å². The molecule has 0 fully saturated rings. The van der Waals surface area contributed by atoms with Crippen LogP contribution in [0.5, 0.6) is 11.5 Å². The van der Waals surface area contributed by atoms with E-state index in [1.54, 1.807) is 19.1 Å². The van der Waals surface area contributed by atoms with E-state index < -0.39 is 16.0 Å². The maximum absolute atomic E-state index is 12.9. The minimum absolute atomic E-state index is 0.0797. The fraction of sp³-hybridized carbons (Fsp3) is 0.312. The Morgan fingerprint density at radius 1 is 1.19 bits per heavy atom. The molecule has 1 aromatic carbocycles. The first-order valence-corrected chi connectivity index (χ1v) is 10.3. The number of rotatable bonds is 8. The van der Waals surface area contributed by atoms with Crippen LogP contribution in [-0.2, 0) is 10.0 Å². The van der Waals surface area contributed by atoms with Gasteiger partial charge in [-0.15, -0.1) is 11.3 Å². The van der Waals surface area contributed by atoms with E-state index in [4.69, 9.17) is 21.1 Å². The van der Waals surface area contributed by atoms with Crippen molar-refractivity contribution in [3.05, 3.63) is 33.5 Å². The number of anilines is 1. The number of carboxylic acids is 1. The SMILES string of the molecule is CCOc1ccc(N(C)S(=O)(=O)c2cc(Cl)sc2C(=O)O)cc1OCC. The topological polar surface area (TPSA) is 93.1 Å². The van der Waals surface area contributed by atoms with Crippen molar-refractivity contribution in [1.82, 2.24) is 0 Å². The second-order valence-electron chi connectivity index (χ2n) is 5.02. The van der Waals surface area contributed by atoms with E-state index in [1.807, 2.05) is 6.92 Å². The molecule has 1 aromatic heterocycles. The number of ether oxygens (including phenoxy) is 2. The summed E-state index contributed by atoms with van der Waals surface area (Å²) >= 11 is 6.52. The molecule has 0 spiro atoms. The third kappa shape index (κ3) is 4.05. The number of carboxylic acid groups (broad SMARTS) is 1. The van der Waals surface area contributed by atoms with Gasteiger partial charge in [-0.2, -0.15) is 0 Å². The zero-order chi connectivity index (χ0) is 19.5. The monoisotopic (exact) mass is 419 g/mol. The minimum Gasteiger partial charge on any atom is -0.490 e. The van der Waals surface area contributed by atoms with Crippen LogP contribution >= 0.6 is 22.9 Å². The van der Waals surface area contributed by atoms with Crippen molar-refractivity contribution in [3.63, 3.8) is 0 Å². The Kier molecular flexibility index (Phi) is 6.38. The first-order chi connectivity index (χ1) is 12.2. The molecule has 7 nitrogen and oxygen atoms in total. The van der Waals surface area contributed by atoms with Crippen LogP contribution in [0.3, 0.4) is 0 Å². The summed E-state index contributed by atoms with van der Waals surface area (Å²) in [6, 6.07) is 5.83. The largest absolute Gasteiger partial charge is 0.490 e. The van der Waals surface area contributed by atoms with Gasteiger partial charge in [0, 0.05) is 13.1 Å². The van der Waals surface area contributed by atoms with Crippen molar-refractivity contribution >= 4 is 44.6 Å². The van der Waals surface area contributed by atoms with Gasteiger partial charge >= 0.3 is 5.97 Å². The first-order valence-electron chi connectivity index (χ1n) is 7.63. The van der Waals surface area contributed by atoms with Crippen molar-refractivity contribution in [3.8, 4) is 11.5 Å². The van der Waals surface area contributed by atoms with E-state index in [9.17, 15) is 18.3 Å². The van der Waals surface area contributed by atoms with Crippen LogP contribution in [0.4, 0.5) is 5.69 Å². The Bertz CT molecular complexity index is 909. The lowest BCUT2D eigenvalue weighted by molar-refractivity contribution is 0.0698. The van der Waals surface area contributed by atoms with Crippen molar-refractivity contribution in [2.75, 3.05) is 24.6 Å². The molecule has 0 unspecified atom stereocenters. The minimum atomic E-state index is -4.12. The van der Waals surface area contributed by atoms with Gasteiger partial charge in [0.1, 0.15) is 9.77 Å². The number of thiophene rings is 1. The summed E-state index contributed by atoms with van der Waals surface area (Å²) in [5.74, 6) is -0.458. The lowest BCUT2D eigenvalue weighted by Crippen LogP contribution is -2.27. The number of halogens is 1. The summed E-state index contributed by atoms with van der Waals surface area (Å²) < 4.78 is 37.8. The molecule has 0 atom stereocenters. The number of hydrogen-bond donors (Lipinski definition) is 1. The molecule has 1 heterocycles. The van der Waals surface area contributed by atoms with Gasteiger partial charge in [0.15, 0.2) is 11.5 Å². The summed E-state index contributed by atoms with van der Waals surface area (Å²) in [5, 5.41) is 9.24. The Morgan fingerprint density at radius 2 is 1.81 bits per heavy atom. The molecule has 142 valence electrons. The van der Waals surface area contributed by atoms with Crippen molar-refractivity contribution in [1.29, 1.82) is 0 Å². The third-order valence-electron chi connectivity index (χ3n) is 3.39. The average Bonchev–Trinajstić information content (AvgIpc) is 2.99. The molecule has 0 bridgehead atoms. The number of nitrogens with zero attached hydrogens (tertiary/aromatic N) is 1. The summed E-state index contributed by atoms with van der Waals surface area (Å²) in [5.41, 5.74) is 0.301. The van der Waals surface area contributed by atoms with Crippen LogP contribution in [0.2, 0.25) is 4.34 Å². The predicted molar refractivity (Wildman–Crippen MR) is 101 cm³/mol. The van der Waals surface area contributed by atoms with Gasteiger partial charge in [-0.25, -0.2) is 13.2 Å². The van der Waals surface area contributed by atoms with Gasteiger partial charge in [0.2, 0.25) is 0 Å². The molecule has 26 heavy (non-hydrogen) atoms. The zero-order valence-electron chi connectivity index (χ0n) is 14.4. The van der Waals surface area contributed by atoms with Gasteiger partial charge in [-0.3, -0.25) is 4.31 Å². The van der Waals surface area contributed by atoms with Gasteiger partial charge < -0.3 is 14.6 Å². The Morgan fingerprint density at radius 3 is 2.38 bits per heavy atom. The van der Waals surface area contributed by atoms with E-state index in [1.165, 1.54) is 13.1 Å². The highest BCUT2D eigenvalue weighted by Crippen LogP contribution is 2.36. The van der Waals surface area contributed by atoms with Crippen LogP contribution in [0, 0.1) is 0 Å². The normalized spacial score (nSPS) is 11.2. The fourth-order valence-electron chi connectivity index (χ4n) is 2.21. The van der Waals surface area contributed by atoms with Crippen molar-refractivity contribution in [2.45, 2.75) is 18.7 Å². The van der Waals surface area contributed by atoms with Gasteiger partial charge in [-0.05, 0) is 32.0 Å². The number of sulfonamides is 1. The summed E-state index contributed by atoms with van der Waals surface area (Å²) in [4.78, 5) is 10.6. The van der Waals surface area contributed by atoms with E-state index in [-0.39, 0.29) is 14.1 Å². The smallest absolute Gasteiger partial charge is 0.347 e. The van der Waals surface area contributed by atoms with Crippen molar-refractivity contribution < 1.29 is 27.8 Å². The number of hydrogen-bond acceptors (Lipinski definition) is 6. The summed E-state index contributed by atoms with van der Waals surface area (Å²) in [6.07, 6.45) is 0. The Labute approximate surface area is 160 Å². The second-order valence-corrected chi connectivity index (χ2v) is 8.64. The lowest BCUT2D eigenvalue weighted by atomic mass is 10.3.